The number of aromatic hydroxyl groups is 2. The van der Waals surface area contributed by atoms with Crippen LogP contribution in [-0.4, -0.2) is 59.9 Å². The van der Waals surface area contributed by atoms with Crippen molar-refractivity contribution in [3.8, 4) is 23.0 Å². The number of hydrogen-bond donors (Lipinski definition) is 6. The van der Waals surface area contributed by atoms with Crippen molar-refractivity contribution < 1.29 is 29.9 Å². The van der Waals surface area contributed by atoms with Crippen LogP contribution in [0.2, 0.25) is 0 Å². The number of rotatable bonds is 7. The van der Waals surface area contributed by atoms with E-state index in [1.54, 1.807) is 13.2 Å². The molecular formula is C25H38N2O6. The predicted molar refractivity (Wildman–Crippen MR) is 128 cm³/mol. The number of fused-ring (bicyclic) bond motifs is 1. The molecule has 184 valence electrons. The van der Waals surface area contributed by atoms with E-state index in [0.29, 0.717) is 17.9 Å². The number of methoxy groups -OCH3 is 2. The fourth-order valence-corrected chi connectivity index (χ4v) is 4.39. The second kappa shape index (κ2) is 12.1. The standard InChI is InChI=1S/C14H21NO3.C11H17NO3/c1-4-11-12-9(6-10(7-16)15-11)5-8(2)14(18-3)13(12)17;1-7-3-8(4-9(12)6-13)5-10(14)11(7)15-2/h5,10-11,15-17H,4,6-7H2,1-3H3;3,5,9,13-14H,4,6,12H2,1-2H3/t10-,11-;9-/m00/s1. The fraction of sp³-hybridized carbons (Fsp3) is 0.520. The summed E-state index contributed by atoms with van der Waals surface area (Å²) in [5, 5.41) is 41.5. The molecule has 0 saturated carbocycles. The van der Waals surface area contributed by atoms with Gasteiger partial charge in [0.1, 0.15) is 0 Å². The molecule has 0 aromatic heterocycles. The molecule has 0 fully saturated rings. The number of benzene rings is 2. The molecule has 2 aromatic rings. The molecule has 0 saturated heterocycles. The first-order valence-corrected chi connectivity index (χ1v) is 11.2. The van der Waals surface area contributed by atoms with Gasteiger partial charge in [0.05, 0.1) is 27.4 Å². The Kier molecular flexibility index (Phi) is 9.79. The molecule has 7 N–H and O–H groups in total. The lowest BCUT2D eigenvalue weighted by Gasteiger charge is -2.33. The third-order valence-corrected chi connectivity index (χ3v) is 5.90. The first-order valence-electron chi connectivity index (χ1n) is 11.2. The highest BCUT2D eigenvalue weighted by Gasteiger charge is 2.29. The van der Waals surface area contributed by atoms with Crippen LogP contribution in [0.5, 0.6) is 23.0 Å². The van der Waals surface area contributed by atoms with Gasteiger partial charge in [-0.05, 0) is 61.4 Å². The third-order valence-electron chi connectivity index (χ3n) is 5.90. The minimum Gasteiger partial charge on any atom is -0.504 e. The van der Waals surface area contributed by atoms with Crippen LogP contribution in [-0.2, 0) is 12.8 Å². The van der Waals surface area contributed by atoms with Crippen molar-refractivity contribution in [3.63, 3.8) is 0 Å². The van der Waals surface area contributed by atoms with Gasteiger partial charge in [0.2, 0.25) is 0 Å². The number of aliphatic hydroxyl groups excluding tert-OH is 2. The molecule has 1 aliphatic heterocycles. The zero-order valence-electron chi connectivity index (χ0n) is 20.2. The number of ether oxygens (including phenoxy) is 2. The Bertz CT molecular complexity index is 911. The van der Waals surface area contributed by atoms with Crippen molar-refractivity contribution in [2.24, 2.45) is 5.73 Å². The molecule has 0 bridgehead atoms. The largest absolute Gasteiger partial charge is 0.504 e. The Morgan fingerprint density at radius 3 is 2.21 bits per heavy atom. The van der Waals surface area contributed by atoms with Gasteiger partial charge in [0.15, 0.2) is 23.0 Å². The quantitative estimate of drug-likeness (QED) is 0.369. The molecule has 0 amide bonds. The Hall–Kier alpha value is -2.52. The molecule has 1 heterocycles. The van der Waals surface area contributed by atoms with Crippen molar-refractivity contribution in [1.82, 2.24) is 5.32 Å². The van der Waals surface area contributed by atoms with Crippen LogP contribution in [0.1, 0.15) is 47.2 Å². The maximum absolute atomic E-state index is 10.3. The number of phenolic OH excluding ortho intramolecular Hbond substituents is 2. The summed E-state index contributed by atoms with van der Waals surface area (Å²) in [4.78, 5) is 0. The Morgan fingerprint density at radius 2 is 1.70 bits per heavy atom. The van der Waals surface area contributed by atoms with Crippen LogP contribution in [0.15, 0.2) is 18.2 Å². The van der Waals surface area contributed by atoms with E-state index in [1.165, 1.54) is 7.11 Å². The van der Waals surface area contributed by atoms with Crippen molar-refractivity contribution in [3.05, 3.63) is 46.0 Å². The molecule has 0 aliphatic carbocycles. The zero-order chi connectivity index (χ0) is 24.7. The smallest absolute Gasteiger partial charge is 0.163 e. The summed E-state index contributed by atoms with van der Waals surface area (Å²) in [5.74, 6) is 1.38. The number of nitrogens with two attached hydrogens (primary N) is 1. The van der Waals surface area contributed by atoms with Gasteiger partial charge in [-0.1, -0.05) is 19.1 Å². The maximum Gasteiger partial charge on any atom is 0.163 e. The van der Waals surface area contributed by atoms with E-state index in [9.17, 15) is 15.3 Å². The summed E-state index contributed by atoms with van der Waals surface area (Å²) < 4.78 is 10.3. The minimum atomic E-state index is -0.294. The second-order valence-electron chi connectivity index (χ2n) is 8.47. The molecule has 3 rings (SSSR count). The molecular weight excluding hydrogens is 424 g/mol. The van der Waals surface area contributed by atoms with Gasteiger partial charge in [-0.15, -0.1) is 0 Å². The van der Waals surface area contributed by atoms with E-state index < -0.39 is 0 Å². The summed E-state index contributed by atoms with van der Waals surface area (Å²) in [5.41, 5.74) is 10.3. The molecule has 0 spiro atoms. The summed E-state index contributed by atoms with van der Waals surface area (Å²) in [6.45, 7) is 5.89. The van der Waals surface area contributed by atoms with E-state index in [0.717, 1.165) is 40.7 Å². The zero-order valence-corrected chi connectivity index (χ0v) is 20.2. The van der Waals surface area contributed by atoms with Gasteiger partial charge in [-0.2, -0.15) is 0 Å². The molecule has 0 unspecified atom stereocenters. The van der Waals surface area contributed by atoms with Crippen molar-refractivity contribution >= 4 is 0 Å². The normalized spacial score (nSPS) is 18.1. The summed E-state index contributed by atoms with van der Waals surface area (Å²) in [6, 6.07) is 5.40. The molecule has 0 radical (unpaired) electrons. The Morgan fingerprint density at radius 1 is 1.06 bits per heavy atom. The first kappa shape index (κ1) is 26.7. The van der Waals surface area contributed by atoms with Crippen LogP contribution in [0.4, 0.5) is 0 Å². The van der Waals surface area contributed by atoms with Gasteiger partial charge in [-0.3, -0.25) is 0 Å². The van der Waals surface area contributed by atoms with Crippen molar-refractivity contribution in [2.45, 2.75) is 58.2 Å². The predicted octanol–water partition coefficient (Wildman–Crippen LogP) is 2.24. The maximum atomic E-state index is 10.3. The number of phenols is 2. The van der Waals surface area contributed by atoms with E-state index in [4.69, 9.17) is 20.3 Å². The van der Waals surface area contributed by atoms with E-state index in [1.807, 2.05) is 19.9 Å². The second-order valence-corrected chi connectivity index (χ2v) is 8.47. The summed E-state index contributed by atoms with van der Waals surface area (Å²) >= 11 is 0. The lowest BCUT2D eigenvalue weighted by Crippen LogP contribution is -2.41. The van der Waals surface area contributed by atoms with Gasteiger partial charge in [-0.25, -0.2) is 0 Å². The molecule has 2 aromatic carbocycles. The van der Waals surface area contributed by atoms with Gasteiger partial charge >= 0.3 is 0 Å². The van der Waals surface area contributed by atoms with E-state index >= 15 is 0 Å². The van der Waals surface area contributed by atoms with E-state index in [2.05, 4.69) is 18.3 Å². The van der Waals surface area contributed by atoms with Crippen molar-refractivity contribution in [1.29, 1.82) is 0 Å². The van der Waals surface area contributed by atoms with Gasteiger partial charge < -0.3 is 41.0 Å². The number of nitrogens with one attached hydrogen (secondary N) is 1. The molecule has 1 aliphatic rings. The highest BCUT2D eigenvalue weighted by Crippen LogP contribution is 2.42. The highest BCUT2D eigenvalue weighted by atomic mass is 16.5. The summed E-state index contributed by atoms with van der Waals surface area (Å²) in [7, 11) is 3.09. The molecule has 8 nitrogen and oxygen atoms in total. The molecule has 8 heteroatoms. The molecule has 33 heavy (non-hydrogen) atoms. The van der Waals surface area contributed by atoms with Crippen LogP contribution < -0.4 is 20.5 Å². The molecule has 3 atom stereocenters. The van der Waals surface area contributed by atoms with Crippen LogP contribution in [0.25, 0.3) is 0 Å². The topological polar surface area (TPSA) is 137 Å². The van der Waals surface area contributed by atoms with Crippen molar-refractivity contribution in [2.75, 3.05) is 27.4 Å². The van der Waals surface area contributed by atoms with E-state index in [-0.39, 0.29) is 42.8 Å². The Balaban J connectivity index is 0.000000238. The lowest BCUT2D eigenvalue weighted by atomic mass is 9.87. The number of aliphatic hydroxyl groups is 2. The SMILES string of the molecule is CC[C@@H]1N[C@H](CO)Cc2cc(C)c(OC)c(O)c21.COc1c(C)cc(C[C@H](N)CO)cc1O. The van der Waals surface area contributed by atoms with Gasteiger partial charge in [0.25, 0.3) is 0 Å². The lowest BCUT2D eigenvalue weighted by molar-refractivity contribution is 0.219. The summed E-state index contributed by atoms with van der Waals surface area (Å²) in [6.07, 6.45) is 2.14. The Labute approximate surface area is 196 Å². The number of hydrogen-bond acceptors (Lipinski definition) is 8. The monoisotopic (exact) mass is 462 g/mol. The van der Waals surface area contributed by atoms with Crippen LogP contribution in [0, 0.1) is 13.8 Å². The average molecular weight is 463 g/mol. The minimum absolute atomic E-state index is 0.0637. The fourth-order valence-electron chi connectivity index (χ4n) is 4.39. The van der Waals surface area contributed by atoms with Gasteiger partial charge in [0, 0.05) is 23.7 Å². The first-order chi connectivity index (χ1) is 15.7. The average Bonchev–Trinajstić information content (AvgIpc) is 2.78. The van der Waals surface area contributed by atoms with Crippen LogP contribution >= 0.6 is 0 Å². The van der Waals surface area contributed by atoms with Crippen LogP contribution in [0.3, 0.4) is 0 Å². The third kappa shape index (κ3) is 6.29. The number of aryl methyl sites for hydroxylation is 2. The highest BCUT2D eigenvalue weighted by molar-refractivity contribution is 5.56.